The standard InChI is InChI=1S/C24H32FN5O2.ClH/c1-29-21-13-18(16-6-10-30(11-7-16)14-15-4-8-26-9-5-15)20(25)12-19(21)23(28-29)17-2-3-22(31)27-24(17)32;/h12-13,15-17,26H,2-11,14H2,1H3,(H,27,31,32);1H. The second kappa shape index (κ2) is 10.1. The predicted molar refractivity (Wildman–Crippen MR) is 127 cm³/mol. The lowest BCUT2D eigenvalue weighted by atomic mass is 9.86. The van der Waals surface area contributed by atoms with Gasteiger partial charge in [-0.2, -0.15) is 5.10 Å². The van der Waals surface area contributed by atoms with Gasteiger partial charge >= 0.3 is 0 Å². The molecular formula is C24H33ClFN5O2. The van der Waals surface area contributed by atoms with Crippen LogP contribution in [0, 0.1) is 11.7 Å². The van der Waals surface area contributed by atoms with Crippen LogP contribution in [0.1, 0.15) is 61.6 Å². The fourth-order valence-corrected chi connectivity index (χ4v) is 5.70. The van der Waals surface area contributed by atoms with Crippen LogP contribution in [0.5, 0.6) is 0 Å². The number of hydrogen-bond acceptors (Lipinski definition) is 5. The summed E-state index contributed by atoms with van der Waals surface area (Å²) in [5.41, 5.74) is 2.17. The highest BCUT2D eigenvalue weighted by Gasteiger charge is 2.33. The number of fused-ring (bicyclic) bond motifs is 1. The maximum Gasteiger partial charge on any atom is 0.235 e. The van der Waals surface area contributed by atoms with Crippen molar-refractivity contribution >= 4 is 35.1 Å². The molecule has 1 aromatic heterocycles. The quantitative estimate of drug-likeness (QED) is 0.662. The minimum Gasteiger partial charge on any atom is -0.317 e. The molecule has 0 bridgehead atoms. The van der Waals surface area contributed by atoms with Crippen LogP contribution >= 0.6 is 12.4 Å². The van der Waals surface area contributed by atoms with Gasteiger partial charge in [0.15, 0.2) is 0 Å². The number of carbonyl (C=O) groups is 2. The van der Waals surface area contributed by atoms with E-state index in [9.17, 15) is 9.59 Å². The molecular weight excluding hydrogens is 445 g/mol. The van der Waals surface area contributed by atoms with E-state index in [1.165, 1.54) is 12.8 Å². The van der Waals surface area contributed by atoms with Crippen LogP contribution in [0.2, 0.25) is 0 Å². The first-order chi connectivity index (χ1) is 15.5. The summed E-state index contributed by atoms with van der Waals surface area (Å²) in [5, 5.41) is 11.0. The Balaban J connectivity index is 0.00000259. The number of halogens is 2. The number of benzene rings is 1. The molecule has 4 heterocycles. The lowest BCUT2D eigenvalue weighted by Gasteiger charge is -2.35. The van der Waals surface area contributed by atoms with Crippen molar-refractivity contribution < 1.29 is 14.0 Å². The van der Waals surface area contributed by atoms with Crippen molar-refractivity contribution in [3.8, 4) is 0 Å². The van der Waals surface area contributed by atoms with Crippen molar-refractivity contribution in [2.24, 2.45) is 13.0 Å². The molecule has 9 heteroatoms. The molecule has 3 saturated heterocycles. The Morgan fingerprint density at radius 2 is 1.82 bits per heavy atom. The van der Waals surface area contributed by atoms with Crippen LogP contribution < -0.4 is 10.6 Å². The van der Waals surface area contributed by atoms with Gasteiger partial charge < -0.3 is 10.2 Å². The van der Waals surface area contributed by atoms with Crippen LogP contribution in [-0.4, -0.2) is 59.2 Å². The number of nitrogens with one attached hydrogen (secondary N) is 2. The highest BCUT2D eigenvalue weighted by molar-refractivity contribution is 6.02. The molecule has 5 rings (SSSR count). The molecule has 2 N–H and O–H groups in total. The number of piperidine rings is 3. The number of rotatable bonds is 4. The van der Waals surface area contributed by atoms with Crippen LogP contribution in [0.15, 0.2) is 12.1 Å². The lowest BCUT2D eigenvalue weighted by Crippen LogP contribution is -2.40. The van der Waals surface area contributed by atoms with Crippen molar-refractivity contribution in [2.45, 2.75) is 50.4 Å². The van der Waals surface area contributed by atoms with Crippen molar-refractivity contribution in [1.29, 1.82) is 0 Å². The maximum atomic E-state index is 15.3. The Labute approximate surface area is 199 Å². The zero-order valence-corrected chi connectivity index (χ0v) is 19.9. The van der Waals surface area contributed by atoms with Crippen molar-refractivity contribution in [3.63, 3.8) is 0 Å². The average molecular weight is 478 g/mol. The van der Waals surface area contributed by atoms with E-state index in [1.54, 1.807) is 10.7 Å². The van der Waals surface area contributed by atoms with Crippen LogP contribution in [0.4, 0.5) is 4.39 Å². The SMILES string of the molecule is Cl.Cn1nc(C2CCC(=O)NC2=O)c2cc(F)c(C3CCN(CC4CCNCC4)CC3)cc21. The molecule has 0 aliphatic carbocycles. The minimum atomic E-state index is -0.514. The zero-order chi connectivity index (χ0) is 22.2. The Morgan fingerprint density at radius 1 is 1.09 bits per heavy atom. The van der Waals surface area contributed by atoms with E-state index >= 15 is 4.39 Å². The number of aromatic nitrogens is 2. The molecule has 3 aliphatic rings. The van der Waals surface area contributed by atoms with Crippen molar-refractivity contribution in [3.05, 3.63) is 29.2 Å². The second-order valence-electron chi connectivity index (χ2n) is 9.67. The second-order valence-corrected chi connectivity index (χ2v) is 9.67. The largest absolute Gasteiger partial charge is 0.317 e. The Morgan fingerprint density at radius 3 is 2.52 bits per heavy atom. The molecule has 2 amide bonds. The molecule has 0 radical (unpaired) electrons. The number of nitrogens with zero attached hydrogens (tertiary/aromatic N) is 3. The van der Waals surface area contributed by atoms with Gasteiger partial charge in [0.05, 0.1) is 17.1 Å². The van der Waals surface area contributed by atoms with E-state index in [0.717, 1.165) is 62.6 Å². The highest BCUT2D eigenvalue weighted by atomic mass is 35.5. The third kappa shape index (κ3) is 4.93. The normalized spacial score (nSPS) is 23.5. The summed E-state index contributed by atoms with van der Waals surface area (Å²) < 4.78 is 17.0. The number of imide groups is 1. The topological polar surface area (TPSA) is 79.3 Å². The van der Waals surface area contributed by atoms with Crippen LogP contribution in [0.3, 0.4) is 0 Å². The van der Waals surface area contributed by atoms with Crippen LogP contribution in [-0.2, 0) is 16.6 Å². The minimum absolute atomic E-state index is 0. The number of likely N-dealkylation sites (tertiary alicyclic amines) is 1. The summed E-state index contributed by atoms with van der Waals surface area (Å²) in [5.74, 6) is -0.340. The molecule has 3 aliphatic heterocycles. The fraction of sp³-hybridized carbons (Fsp3) is 0.625. The van der Waals surface area contributed by atoms with Gasteiger partial charge in [0.2, 0.25) is 11.8 Å². The fourth-order valence-electron chi connectivity index (χ4n) is 5.70. The summed E-state index contributed by atoms with van der Waals surface area (Å²) in [6.45, 7) is 5.43. The van der Waals surface area contributed by atoms with Gasteiger partial charge in [0.25, 0.3) is 0 Å². The van der Waals surface area contributed by atoms with E-state index in [-0.39, 0.29) is 42.4 Å². The number of aryl methyl sites for hydroxylation is 1. The van der Waals surface area contributed by atoms with Gasteiger partial charge in [-0.15, -0.1) is 12.4 Å². The third-order valence-electron chi connectivity index (χ3n) is 7.57. The van der Waals surface area contributed by atoms with Crippen LogP contribution in [0.25, 0.3) is 10.9 Å². The number of amides is 2. The molecule has 0 spiro atoms. The van der Waals surface area contributed by atoms with E-state index in [2.05, 4.69) is 20.6 Å². The molecule has 1 unspecified atom stereocenters. The number of hydrogen-bond donors (Lipinski definition) is 2. The molecule has 33 heavy (non-hydrogen) atoms. The highest BCUT2D eigenvalue weighted by Crippen LogP contribution is 2.36. The van der Waals surface area contributed by atoms with Crippen molar-refractivity contribution in [2.75, 3.05) is 32.7 Å². The number of carbonyl (C=O) groups excluding carboxylic acids is 2. The predicted octanol–water partition coefficient (Wildman–Crippen LogP) is 2.83. The van der Waals surface area contributed by atoms with Gasteiger partial charge in [0, 0.05) is 25.4 Å². The van der Waals surface area contributed by atoms with E-state index in [4.69, 9.17) is 0 Å². The summed E-state index contributed by atoms with van der Waals surface area (Å²) in [6.07, 6.45) is 5.12. The molecule has 3 fully saturated rings. The first-order valence-corrected chi connectivity index (χ1v) is 11.9. The monoisotopic (exact) mass is 477 g/mol. The first kappa shape index (κ1) is 24.1. The molecule has 180 valence electrons. The summed E-state index contributed by atoms with van der Waals surface area (Å²) >= 11 is 0. The van der Waals surface area contributed by atoms with Gasteiger partial charge in [0.1, 0.15) is 5.82 Å². The molecule has 1 aromatic carbocycles. The van der Waals surface area contributed by atoms with Crippen molar-refractivity contribution in [1.82, 2.24) is 25.3 Å². The first-order valence-electron chi connectivity index (χ1n) is 11.9. The Hall–Kier alpha value is -2.03. The van der Waals surface area contributed by atoms with Gasteiger partial charge in [-0.1, -0.05) is 0 Å². The summed E-state index contributed by atoms with van der Waals surface area (Å²) in [4.78, 5) is 26.4. The molecule has 1 atom stereocenters. The summed E-state index contributed by atoms with van der Waals surface area (Å²) in [6, 6.07) is 3.48. The maximum absolute atomic E-state index is 15.3. The Bertz CT molecular complexity index is 1030. The Kier molecular flexibility index (Phi) is 7.36. The molecule has 0 saturated carbocycles. The summed E-state index contributed by atoms with van der Waals surface area (Å²) in [7, 11) is 1.83. The molecule has 7 nitrogen and oxygen atoms in total. The zero-order valence-electron chi connectivity index (χ0n) is 19.1. The van der Waals surface area contributed by atoms with Gasteiger partial charge in [-0.05, 0) is 87.8 Å². The third-order valence-corrected chi connectivity index (χ3v) is 7.57. The van der Waals surface area contributed by atoms with Gasteiger partial charge in [-0.3, -0.25) is 19.6 Å². The average Bonchev–Trinajstić information content (AvgIpc) is 3.09. The molecule has 2 aromatic rings. The van der Waals surface area contributed by atoms with E-state index < -0.39 is 5.92 Å². The lowest BCUT2D eigenvalue weighted by molar-refractivity contribution is -0.134. The van der Waals surface area contributed by atoms with Gasteiger partial charge in [-0.25, -0.2) is 4.39 Å². The van der Waals surface area contributed by atoms with E-state index in [1.807, 2.05) is 13.1 Å². The van der Waals surface area contributed by atoms with E-state index in [0.29, 0.717) is 17.5 Å². The smallest absolute Gasteiger partial charge is 0.235 e.